The Hall–Kier alpha value is -2.65. The SMILES string of the molecule is CCCN(CC1CC1)S(=O)(=O)c1ccc(Cc2ccc3[nH]c(=O)cc(C(F)(F)F)c3c2)cc1. The van der Waals surface area contributed by atoms with Crippen LogP contribution in [-0.4, -0.2) is 30.8 Å². The van der Waals surface area contributed by atoms with E-state index in [4.69, 9.17) is 0 Å². The van der Waals surface area contributed by atoms with Crippen LogP contribution in [0.4, 0.5) is 13.2 Å². The summed E-state index contributed by atoms with van der Waals surface area (Å²) < 4.78 is 67.9. The van der Waals surface area contributed by atoms with Crippen LogP contribution >= 0.6 is 0 Å². The number of alkyl halides is 3. The third-order valence-electron chi connectivity index (χ3n) is 5.81. The summed E-state index contributed by atoms with van der Waals surface area (Å²) in [5, 5.41) is -0.0749. The summed E-state index contributed by atoms with van der Waals surface area (Å²) in [5.41, 5.74) is -0.270. The lowest BCUT2D eigenvalue weighted by Gasteiger charge is -2.21. The molecule has 5 nitrogen and oxygen atoms in total. The number of hydrogen-bond donors (Lipinski definition) is 1. The molecule has 1 aromatic heterocycles. The molecule has 0 radical (unpaired) electrons. The minimum Gasteiger partial charge on any atom is -0.322 e. The van der Waals surface area contributed by atoms with Crippen LogP contribution in [0, 0.1) is 5.92 Å². The van der Waals surface area contributed by atoms with Crippen LogP contribution in [0.2, 0.25) is 0 Å². The third-order valence-corrected chi connectivity index (χ3v) is 7.69. The van der Waals surface area contributed by atoms with Gasteiger partial charge in [-0.3, -0.25) is 4.79 Å². The van der Waals surface area contributed by atoms with Crippen molar-refractivity contribution in [3.63, 3.8) is 0 Å². The van der Waals surface area contributed by atoms with Gasteiger partial charge in [-0.05, 0) is 67.0 Å². The van der Waals surface area contributed by atoms with Gasteiger partial charge in [0.15, 0.2) is 0 Å². The maximum atomic E-state index is 13.4. The Bertz CT molecular complexity index is 1310. The molecule has 0 atom stereocenters. The van der Waals surface area contributed by atoms with E-state index in [0.717, 1.165) is 24.8 Å². The van der Waals surface area contributed by atoms with Gasteiger partial charge in [-0.25, -0.2) is 8.42 Å². The second-order valence-corrected chi connectivity index (χ2v) is 10.5. The van der Waals surface area contributed by atoms with E-state index in [-0.39, 0.29) is 15.8 Å². The molecule has 0 amide bonds. The first kappa shape index (κ1) is 23.5. The monoisotopic (exact) mass is 478 g/mol. The molecule has 1 heterocycles. The standard InChI is InChI=1S/C24H25F3N2O3S/c1-2-11-29(15-17-3-4-17)33(31,32)19-8-5-16(6-9-19)12-18-7-10-22-20(13-18)21(24(25,26)27)14-23(30)28-22/h5-10,13-14,17H,2-4,11-12,15H2,1H3,(H,28,30). The maximum Gasteiger partial charge on any atom is 0.417 e. The fourth-order valence-electron chi connectivity index (χ4n) is 3.96. The predicted octanol–water partition coefficient (Wildman–Crippen LogP) is 4.95. The molecule has 2 aromatic carbocycles. The zero-order valence-corrected chi connectivity index (χ0v) is 19.0. The van der Waals surface area contributed by atoms with Crippen LogP contribution in [0.1, 0.15) is 42.9 Å². The van der Waals surface area contributed by atoms with Gasteiger partial charge in [0.05, 0.1) is 10.5 Å². The highest BCUT2D eigenvalue weighted by atomic mass is 32.2. The highest BCUT2D eigenvalue weighted by molar-refractivity contribution is 7.89. The van der Waals surface area contributed by atoms with Crippen LogP contribution in [0.15, 0.2) is 58.2 Å². The van der Waals surface area contributed by atoms with Gasteiger partial charge in [-0.2, -0.15) is 17.5 Å². The quantitative estimate of drug-likeness (QED) is 0.498. The van der Waals surface area contributed by atoms with Crippen molar-refractivity contribution in [2.24, 2.45) is 5.92 Å². The Kier molecular flexibility index (Phi) is 6.37. The van der Waals surface area contributed by atoms with Gasteiger partial charge < -0.3 is 4.98 Å². The summed E-state index contributed by atoms with van der Waals surface area (Å²) in [6.07, 6.45) is -1.47. The van der Waals surface area contributed by atoms with E-state index in [1.54, 1.807) is 34.6 Å². The fraction of sp³-hybridized carbons (Fsp3) is 0.375. The number of nitrogens with zero attached hydrogens (tertiary/aromatic N) is 1. The average Bonchev–Trinajstić information content (AvgIpc) is 3.57. The van der Waals surface area contributed by atoms with E-state index < -0.39 is 27.3 Å². The first-order valence-corrected chi connectivity index (χ1v) is 12.3. The summed E-state index contributed by atoms with van der Waals surface area (Å²) in [6, 6.07) is 11.6. The molecule has 0 unspecified atom stereocenters. The van der Waals surface area contributed by atoms with Crippen molar-refractivity contribution in [3.8, 4) is 0 Å². The van der Waals surface area contributed by atoms with Gasteiger partial charge in [0.2, 0.25) is 15.6 Å². The summed E-state index contributed by atoms with van der Waals surface area (Å²) in [4.78, 5) is 14.2. The molecule has 1 fully saturated rings. The minimum atomic E-state index is -4.65. The number of aromatic nitrogens is 1. The Labute approximate surface area is 190 Å². The van der Waals surface area contributed by atoms with Crippen molar-refractivity contribution in [3.05, 3.63) is 75.6 Å². The molecule has 3 aromatic rings. The second kappa shape index (κ2) is 8.95. The Morgan fingerprint density at radius 3 is 2.30 bits per heavy atom. The number of H-pyrrole nitrogens is 1. The van der Waals surface area contributed by atoms with Crippen LogP contribution in [0.25, 0.3) is 10.9 Å². The Morgan fingerprint density at radius 1 is 1.03 bits per heavy atom. The predicted molar refractivity (Wildman–Crippen MR) is 121 cm³/mol. The Morgan fingerprint density at radius 2 is 1.70 bits per heavy atom. The van der Waals surface area contributed by atoms with Crippen molar-refractivity contribution in [2.45, 2.75) is 43.7 Å². The van der Waals surface area contributed by atoms with Crippen molar-refractivity contribution in [2.75, 3.05) is 13.1 Å². The van der Waals surface area contributed by atoms with Crippen molar-refractivity contribution in [1.29, 1.82) is 0 Å². The largest absolute Gasteiger partial charge is 0.417 e. The van der Waals surface area contributed by atoms with Crippen molar-refractivity contribution >= 4 is 20.9 Å². The molecule has 0 bridgehead atoms. The molecule has 9 heteroatoms. The lowest BCUT2D eigenvalue weighted by molar-refractivity contribution is -0.136. The van der Waals surface area contributed by atoms with E-state index in [1.807, 2.05) is 6.92 Å². The van der Waals surface area contributed by atoms with E-state index in [2.05, 4.69) is 4.98 Å². The second-order valence-electron chi connectivity index (χ2n) is 8.55. The zero-order valence-electron chi connectivity index (χ0n) is 18.2. The molecule has 1 saturated carbocycles. The number of sulfonamides is 1. The van der Waals surface area contributed by atoms with Crippen molar-refractivity contribution in [1.82, 2.24) is 9.29 Å². The maximum absolute atomic E-state index is 13.4. The highest BCUT2D eigenvalue weighted by Gasteiger charge is 2.33. The number of hydrogen-bond acceptors (Lipinski definition) is 3. The number of fused-ring (bicyclic) bond motifs is 1. The molecule has 0 aliphatic heterocycles. The highest BCUT2D eigenvalue weighted by Crippen LogP contribution is 2.34. The molecule has 4 rings (SSSR count). The molecular weight excluding hydrogens is 453 g/mol. The molecule has 1 aliphatic carbocycles. The van der Waals surface area contributed by atoms with E-state index >= 15 is 0 Å². The van der Waals surface area contributed by atoms with Crippen LogP contribution in [0.3, 0.4) is 0 Å². The number of aromatic amines is 1. The summed E-state index contributed by atoms with van der Waals surface area (Å²) >= 11 is 0. The topological polar surface area (TPSA) is 70.2 Å². The van der Waals surface area contributed by atoms with Gasteiger partial charge in [0.25, 0.3) is 0 Å². The molecule has 0 saturated heterocycles. The van der Waals surface area contributed by atoms with Gasteiger partial charge in [0.1, 0.15) is 0 Å². The smallest absolute Gasteiger partial charge is 0.322 e. The van der Waals surface area contributed by atoms with Crippen LogP contribution < -0.4 is 5.56 Å². The molecule has 176 valence electrons. The minimum absolute atomic E-state index is 0.0749. The summed E-state index contributed by atoms with van der Waals surface area (Å²) in [5.74, 6) is 0.440. The number of nitrogens with one attached hydrogen (secondary N) is 1. The van der Waals surface area contributed by atoms with Gasteiger partial charge in [0, 0.05) is 30.1 Å². The Balaban J connectivity index is 1.59. The number of benzene rings is 2. The molecule has 1 aliphatic rings. The fourth-order valence-corrected chi connectivity index (χ4v) is 5.57. The molecule has 1 N–H and O–H groups in total. The van der Waals surface area contributed by atoms with Crippen molar-refractivity contribution < 1.29 is 21.6 Å². The zero-order chi connectivity index (χ0) is 23.8. The number of rotatable bonds is 8. The number of pyridine rings is 1. The molecular formula is C24H25F3N2O3S. The van der Waals surface area contributed by atoms with Gasteiger partial charge >= 0.3 is 6.18 Å². The molecule has 33 heavy (non-hydrogen) atoms. The molecule has 0 spiro atoms. The van der Waals surface area contributed by atoms with Crippen LogP contribution in [-0.2, 0) is 22.6 Å². The normalized spacial score (nSPS) is 14.8. The average molecular weight is 479 g/mol. The van der Waals surface area contributed by atoms with Gasteiger partial charge in [-0.1, -0.05) is 25.1 Å². The van der Waals surface area contributed by atoms with E-state index in [0.29, 0.717) is 37.1 Å². The summed E-state index contributed by atoms with van der Waals surface area (Å²) in [6.45, 7) is 2.96. The third kappa shape index (κ3) is 5.30. The van der Waals surface area contributed by atoms with Crippen LogP contribution in [0.5, 0.6) is 0 Å². The van der Waals surface area contributed by atoms with E-state index in [1.165, 1.54) is 12.1 Å². The lowest BCUT2D eigenvalue weighted by atomic mass is 10.0. The number of halogens is 3. The first-order valence-electron chi connectivity index (χ1n) is 10.9. The first-order chi connectivity index (χ1) is 15.6. The van der Waals surface area contributed by atoms with E-state index in [9.17, 15) is 26.4 Å². The lowest BCUT2D eigenvalue weighted by Crippen LogP contribution is -2.33. The summed E-state index contributed by atoms with van der Waals surface area (Å²) in [7, 11) is -3.59. The van der Waals surface area contributed by atoms with Gasteiger partial charge in [-0.15, -0.1) is 0 Å².